The molecule has 1 aromatic carbocycles. The Morgan fingerprint density at radius 1 is 1.33 bits per heavy atom. The van der Waals surface area contributed by atoms with E-state index in [2.05, 4.69) is 9.46 Å². The van der Waals surface area contributed by atoms with Gasteiger partial charge in [0.15, 0.2) is 0 Å². The maximum atomic E-state index is 11.4. The van der Waals surface area contributed by atoms with Crippen LogP contribution in [-0.4, -0.2) is 27.5 Å². The van der Waals surface area contributed by atoms with Gasteiger partial charge < -0.3 is 10.5 Å². The average molecular weight is 272 g/mol. The monoisotopic (exact) mass is 272 g/mol. The van der Waals surface area contributed by atoms with Crippen LogP contribution in [0.4, 0.5) is 10.5 Å². The van der Waals surface area contributed by atoms with Gasteiger partial charge >= 0.3 is 16.3 Å². The Balaban J connectivity index is 2.78. The Labute approximate surface area is 104 Å². The fourth-order valence-corrected chi connectivity index (χ4v) is 1.85. The zero-order valence-corrected chi connectivity index (χ0v) is 10.2. The van der Waals surface area contributed by atoms with Crippen molar-refractivity contribution in [3.05, 3.63) is 29.8 Å². The van der Waals surface area contributed by atoms with Crippen molar-refractivity contribution < 1.29 is 17.9 Å². The van der Waals surface area contributed by atoms with Crippen LogP contribution in [0.2, 0.25) is 0 Å². The number of rotatable bonds is 4. The molecule has 5 N–H and O–H groups in total. The lowest BCUT2D eigenvalue weighted by molar-refractivity contribution is 0.177. The minimum Gasteiger partial charge on any atom is -0.452 e. The molecule has 0 fully saturated rings. The number of carbonyl (C=O) groups is 1. The maximum Gasteiger partial charge on any atom is 0.422 e. The molecule has 0 aliphatic rings. The normalized spacial score (nSPS) is 10.5. The zero-order valence-electron chi connectivity index (χ0n) is 9.43. The minimum absolute atomic E-state index is 0.128. The lowest BCUT2D eigenvalue weighted by Gasteiger charge is -2.08. The molecule has 9 heteroatoms. The number of ether oxygens (including phenoxy) is 1. The first-order chi connectivity index (χ1) is 8.34. The van der Waals surface area contributed by atoms with Crippen molar-refractivity contribution in [1.29, 1.82) is 5.41 Å². The van der Waals surface area contributed by atoms with Gasteiger partial charge in [0.25, 0.3) is 0 Å². The van der Waals surface area contributed by atoms with Gasteiger partial charge in [0, 0.05) is 5.56 Å². The van der Waals surface area contributed by atoms with Crippen LogP contribution in [0.25, 0.3) is 0 Å². The first-order valence-corrected chi connectivity index (χ1v) is 6.15. The number of hydrogen-bond acceptors (Lipinski definition) is 5. The number of hydrogen-bond donors (Lipinski definition) is 4. The summed E-state index contributed by atoms with van der Waals surface area (Å²) < 4.78 is 30.7. The zero-order chi connectivity index (χ0) is 13.8. The molecular formula is C9H12N4O4S. The fraction of sp³-hybridized carbons (Fsp3) is 0.111. The molecule has 0 unspecified atom stereocenters. The lowest BCUT2D eigenvalue weighted by Crippen LogP contribution is -2.35. The van der Waals surface area contributed by atoms with Crippen molar-refractivity contribution in [2.75, 3.05) is 11.8 Å². The summed E-state index contributed by atoms with van der Waals surface area (Å²) in [5, 5.41) is 7.17. The number of amidine groups is 1. The summed E-state index contributed by atoms with van der Waals surface area (Å²) in [4.78, 5) is 10.8. The Hall–Kier alpha value is -2.29. The van der Waals surface area contributed by atoms with Gasteiger partial charge in [-0.2, -0.15) is 8.42 Å². The minimum atomic E-state index is -4.04. The van der Waals surface area contributed by atoms with Crippen molar-refractivity contribution in [3.63, 3.8) is 0 Å². The third-order valence-electron chi connectivity index (χ3n) is 1.85. The van der Waals surface area contributed by atoms with E-state index in [1.165, 1.54) is 24.3 Å². The number of methoxy groups -OCH3 is 1. The van der Waals surface area contributed by atoms with E-state index in [0.29, 0.717) is 5.56 Å². The maximum absolute atomic E-state index is 11.4. The van der Waals surface area contributed by atoms with Crippen LogP contribution in [0, 0.1) is 5.41 Å². The van der Waals surface area contributed by atoms with E-state index >= 15 is 0 Å². The highest BCUT2D eigenvalue weighted by Gasteiger charge is 2.14. The first kappa shape index (κ1) is 13.8. The summed E-state index contributed by atoms with van der Waals surface area (Å²) in [5.41, 5.74) is 5.92. The van der Waals surface area contributed by atoms with E-state index in [-0.39, 0.29) is 11.5 Å². The van der Waals surface area contributed by atoms with E-state index < -0.39 is 16.3 Å². The topological polar surface area (TPSA) is 134 Å². The standard InChI is InChI=1S/C9H12N4O4S/c1-17-9(14)13-18(15,16)12-7-4-2-6(3-5-7)8(10)11/h2-5,12H,1H3,(H3,10,11)(H,13,14). The molecule has 0 aliphatic heterocycles. The van der Waals surface area contributed by atoms with Crippen LogP contribution in [-0.2, 0) is 14.9 Å². The second-order valence-electron chi connectivity index (χ2n) is 3.19. The molecule has 98 valence electrons. The molecular weight excluding hydrogens is 260 g/mol. The molecule has 8 nitrogen and oxygen atoms in total. The molecule has 18 heavy (non-hydrogen) atoms. The number of benzene rings is 1. The second-order valence-corrected chi connectivity index (χ2v) is 4.61. The van der Waals surface area contributed by atoms with Gasteiger partial charge in [-0.1, -0.05) is 0 Å². The van der Waals surface area contributed by atoms with Crippen molar-refractivity contribution in [2.45, 2.75) is 0 Å². The highest BCUT2D eigenvalue weighted by atomic mass is 32.2. The van der Waals surface area contributed by atoms with E-state index in [9.17, 15) is 13.2 Å². The van der Waals surface area contributed by atoms with Crippen molar-refractivity contribution in [2.24, 2.45) is 5.73 Å². The quantitative estimate of drug-likeness (QED) is 0.451. The van der Waals surface area contributed by atoms with Crippen molar-refractivity contribution in [3.8, 4) is 0 Å². The second kappa shape index (κ2) is 5.36. The molecule has 0 aromatic heterocycles. The Kier molecular flexibility index (Phi) is 4.10. The summed E-state index contributed by atoms with van der Waals surface area (Å²) >= 11 is 0. The Morgan fingerprint density at radius 2 is 1.89 bits per heavy atom. The van der Waals surface area contributed by atoms with Crippen LogP contribution >= 0.6 is 0 Å². The Bertz CT molecular complexity index is 552. The average Bonchev–Trinajstić information content (AvgIpc) is 2.28. The van der Waals surface area contributed by atoms with E-state index in [1.54, 1.807) is 4.72 Å². The van der Waals surface area contributed by atoms with Crippen LogP contribution in [0.1, 0.15) is 5.56 Å². The van der Waals surface area contributed by atoms with Crippen molar-refractivity contribution >= 4 is 27.8 Å². The lowest BCUT2D eigenvalue weighted by atomic mass is 10.2. The predicted octanol–water partition coefficient (Wildman–Crippen LogP) is -0.0166. The molecule has 1 amide bonds. The van der Waals surface area contributed by atoms with Crippen LogP contribution < -0.4 is 15.2 Å². The van der Waals surface area contributed by atoms with Gasteiger partial charge in [0.2, 0.25) is 0 Å². The van der Waals surface area contributed by atoms with Crippen LogP contribution in [0.15, 0.2) is 24.3 Å². The van der Waals surface area contributed by atoms with Crippen LogP contribution in [0.5, 0.6) is 0 Å². The molecule has 0 saturated carbocycles. The molecule has 0 heterocycles. The number of anilines is 1. The van der Waals surface area contributed by atoms with Gasteiger partial charge in [-0.3, -0.25) is 10.1 Å². The molecule has 1 rings (SSSR count). The SMILES string of the molecule is COC(=O)NS(=O)(=O)Nc1ccc(C(=N)N)cc1. The number of nitrogen functional groups attached to an aromatic ring is 1. The summed E-state index contributed by atoms with van der Waals surface area (Å²) in [5.74, 6) is -0.128. The molecule has 1 aromatic rings. The van der Waals surface area contributed by atoms with Gasteiger partial charge in [0.1, 0.15) is 5.84 Å². The van der Waals surface area contributed by atoms with Gasteiger partial charge in [0.05, 0.1) is 12.8 Å². The molecule has 0 spiro atoms. The molecule has 0 radical (unpaired) electrons. The Morgan fingerprint density at radius 3 is 2.33 bits per heavy atom. The fourth-order valence-electron chi connectivity index (χ4n) is 1.05. The van der Waals surface area contributed by atoms with E-state index in [4.69, 9.17) is 11.1 Å². The van der Waals surface area contributed by atoms with E-state index in [0.717, 1.165) is 7.11 Å². The number of amides is 1. The summed E-state index contributed by atoms with van der Waals surface area (Å²) in [7, 11) is -2.99. The highest BCUT2D eigenvalue weighted by Crippen LogP contribution is 2.10. The third kappa shape index (κ3) is 3.94. The first-order valence-electron chi connectivity index (χ1n) is 4.67. The molecule has 0 bridgehead atoms. The molecule has 0 saturated heterocycles. The van der Waals surface area contributed by atoms with Gasteiger partial charge in [-0.15, -0.1) is 0 Å². The van der Waals surface area contributed by atoms with Gasteiger partial charge in [-0.05, 0) is 24.3 Å². The smallest absolute Gasteiger partial charge is 0.422 e. The molecule has 0 aliphatic carbocycles. The highest BCUT2D eigenvalue weighted by molar-refractivity contribution is 7.91. The van der Waals surface area contributed by atoms with Crippen LogP contribution in [0.3, 0.4) is 0 Å². The predicted molar refractivity (Wildman–Crippen MR) is 65.5 cm³/mol. The summed E-state index contributed by atoms with van der Waals surface area (Å²) in [6, 6.07) is 5.76. The largest absolute Gasteiger partial charge is 0.452 e. The summed E-state index contributed by atoms with van der Waals surface area (Å²) in [6.07, 6.45) is -1.09. The van der Waals surface area contributed by atoms with Crippen molar-refractivity contribution in [1.82, 2.24) is 4.72 Å². The number of carbonyl (C=O) groups excluding carboxylic acids is 1. The third-order valence-corrected chi connectivity index (χ3v) is 2.79. The van der Waals surface area contributed by atoms with Gasteiger partial charge in [-0.25, -0.2) is 9.52 Å². The number of nitrogens with two attached hydrogens (primary N) is 1. The molecule has 0 atom stereocenters. The van der Waals surface area contributed by atoms with E-state index in [1.807, 2.05) is 0 Å². The number of nitrogens with one attached hydrogen (secondary N) is 3. The summed E-state index contributed by atoms with van der Waals surface area (Å²) in [6.45, 7) is 0.